The highest BCUT2D eigenvalue weighted by atomic mass is 79.9. The molecule has 0 saturated carbocycles. The van der Waals surface area contributed by atoms with E-state index in [0.717, 1.165) is 27.0 Å². The molecule has 0 N–H and O–H groups in total. The Bertz CT molecular complexity index is 1280. The number of nitrogens with zero attached hydrogens (tertiary/aromatic N) is 2. The average Bonchev–Trinajstić information content (AvgIpc) is 2.76. The van der Waals surface area contributed by atoms with Crippen molar-refractivity contribution in [2.45, 2.75) is 20.0 Å². The molecular weight excluding hydrogens is 444 g/mol. The van der Waals surface area contributed by atoms with E-state index in [0.29, 0.717) is 42.1 Å². The van der Waals surface area contributed by atoms with Crippen LogP contribution in [0.5, 0.6) is 5.75 Å². The van der Waals surface area contributed by atoms with Crippen LogP contribution < -0.4 is 10.2 Å². The van der Waals surface area contributed by atoms with Gasteiger partial charge in [0, 0.05) is 23.8 Å². The summed E-state index contributed by atoms with van der Waals surface area (Å²) in [6, 6.07) is 17.2. The van der Waals surface area contributed by atoms with Gasteiger partial charge in [0.25, 0.3) is 0 Å². The molecule has 0 fully saturated rings. The van der Waals surface area contributed by atoms with Crippen molar-refractivity contribution in [1.29, 1.82) is 0 Å². The van der Waals surface area contributed by atoms with Gasteiger partial charge in [-0.05, 0) is 48.9 Å². The van der Waals surface area contributed by atoms with Crippen LogP contribution in [0.3, 0.4) is 0 Å². The number of hydrogen-bond donors (Lipinski definition) is 0. The number of benzene rings is 2. The molecular formula is C24H19BrN2O3. The first-order chi connectivity index (χ1) is 14.6. The molecule has 1 aliphatic heterocycles. The Labute approximate surface area is 182 Å². The molecule has 0 unspecified atom stereocenters. The zero-order valence-electron chi connectivity index (χ0n) is 16.4. The summed E-state index contributed by atoms with van der Waals surface area (Å²) in [5, 5.41) is 0.570. The van der Waals surface area contributed by atoms with E-state index in [2.05, 4.69) is 25.8 Å². The largest absolute Gasteiger partial charge is 0.478 e. The van der Waals surface area contributed by atoms with Crippen molar-refractivity contribution in [3.63, 3.8) is 0 Å². The van der Waals surface area contributed by atoms with E-state index < -0.39 is 0 Å². The second kappa shape index (κ2) is 7.70. The van der Waals surface area contributed by atoms with E-state index in [1.165, 1.54) is 0 Å². The molecule has 2 aromatic heterocycles. The van der Waals surface area contributed by atoms with Gasteiger partial charge >= 0.3 is 0 Å². The molecule has 150 valence electrons. The second-order valence-electron chi connectivity index (χ2n) is 7.37. The Morgan fingerprint density at radius 2 is 1.93 bits per heavy atom. The molecule has 4 aromatic rings. The van der Waals surface area contributed by atoms with Crippen LogP contribution in [0.4, 0.5) is 0 Å². The molecule has 5 nitrogen and oxygen atoms in total. The smallest absolute Gasteiger partial charge is 0.200 e. The predicted octanol–water partition coefficient (Wildman–Crippen LogP) is 5.28. The predicted molar refractivity (Wildman–Crippen MR) is 119 cm³/mol. The van der Waals surface area contributed by atoms with Gasteiger partial charge in [0.15, 0.2) is 0 Å². The Kier molecular flexibility index (Phi) is 4.89. The van der Waals surface area contributed by atoms with Crippen LogP contribution in [0.15, 0.2) is 74.5 Å². The molecule has 5 rings (SSSR count). The number of aromatic nitrogens is 1. The minimum atomic E-state index is -0.0271. The lowest BCUT2D eigenvalue weighted by Crippen LogP contribution is -2.32. The monoisotopic (exact) mass is 462 g/mol. The standard InChI is InChI=1S/C24H19BrN2O3/c1-15-22(16-5-7-17(25)8-6-16)23(28)19-9-10-21-20(24(19)30-15)13-27(14-29-21)12-18-4-2-3-11-26-18/h2-11H,12-14H2,1H3. The summed E-state index contributed by atoms with van der Waals surface area (Å²) in [5.74, 6) is 1.36. The fraction of sp³-hybridized carbons (Fsp3) is 0.167. The summed E-state index contributed by atoms with van der Waals surface area (Å²) >= 11 is 3.44. The second-order valence-corrected chi connectivity index (χ2v) is 8.29. The maximum Gasteiger partial charge on any atom is 0.200 e. The highest BCUT2D eigenvalue weighted by molar-refractivity contribution is 9.10. The lowest BCUT2D eigenvalue weighted by Gasteiger charge is -2.29. The van der Waals surface area contributed by atoms with Gasteiger partial charge in [-0.1, -0.05) is 34.1 Å². The summed E-state index contributed by atoms with van der Waals surface area (Å²) < 4.78 is 13.1. The lowest BCUT2D eigenvalue weighted by atomic mass is 10.0. The molecule has 2 aromatic carbocycles. The van der Waals surface area contributed by atoms with E-state index in [1.807, 2.05) is 55.5 Å². The first-order valence-electron chi connectivity index (χ1n) is 9.70. The minimum Gasteiger partial charge on any atom is -0.478 e. The normalized spacial score (nSPS) is 13.8. The molecule has 0 amide bonds. The van der Waals surface area contributed by atoms with Gasteiger partial charge in [-0.3, -0.25) is 14.7 Å². The summed E-state index contributed by atoms with van der Waals surface area (Å²) in [4.78, 5) is 19.9. The van der Waals surface area contributed by atoms with Crippen LogP contribution in [0.2, 0.25) is 0 Å². The molecule has 0 saturated heterocycles. The highest BCUT2D eigenvalue weighted by Gasteiger charge is 2.24. The zero-order chi connectivity index (χ0) is 20.7. The van der Waals surface area contributed by atoms with E-state index in [9.17, 15) is 4.79 Å². The van der Waals surface area contributed by atoms with Crippen LogP contribution in [-0.2, 0) is 13.1 Å². The van der Waals surface area contributed by atoms with Crippen molar-refractivity contribution >= 4 is 26.9 Å². The van der Waals surface area contributed by atoms with Crippen LogP contribution in [0.25, 0.3) is 22.1 Å². The molecule has 6 heteroatoms. The SMILES string of the molecule is Cc1oc2c3c(ccc2c(=O)c1-c1ccc(Br)cc1)OCN(Cc1ccccn1)C3. The fourth-order valence-electron chi connectivity index (χ4n) is 3.89. The first kappa shape index (κ1) is 19.0. The number of fused-ring (bicyclic) bond motifs is 3. The Morgan fingerprint density at radius 1 is 1.10 bits per heavy atom. The van der Waals surface area contributed by atoms with Gasteiger partial charge in [0.1, 0.15) is 23.8 Å². The Hall–Kier alpha value is -2.96. The minimum absolute atomic E-state index is 0.0271. The molecule has 0 atom stereocenters. The highest BCUT2D eigenvalue weighted by Crippen LogP contribution is 2.34. The van der Waals surface area contributed by atoms with Gasteiger partial charge in [-0.25, -0.2) is 0 Å². The molecule has 1 aliphatic rings. The van der Waals surface area contributed by atoms with Crippen LogP contribution >= 0.6 is 15.9 Å². The van der Waals surface area contributed by atoms with Gasteiger partial charge in [-0.2, -0.15) is 0 Å². The number of hydrogen-bond acceptors (Lipinski definition) is 5. The molecule has 0 radical (unpaired) electrons. The number of rotatable bonds is 3. The van der Waals surface area contributed by atoms with E-state index in [1.54, 1.807) is 12.3 Å². The summed E-state index contributed by atoms with van der Waals surface area (Å²) in [6.45, 7) is 3.60. The molecule has 0 spiro atoms. The summed E-state index contributed by atoms with van der Waals surface area (Å²) in [5.41, 5.74) is 3.88. The van der Waals surface area contributed by atoms with Crippen LogP contribution in [0, 0.1) is 6.92 Å². The van der Waals surface area contributed by atoms with Crippen molar-refractivity contribution < 1.29 is 9.15 Å². The summed E-state index contributed by atoms with van der Waals surface area (Å²) in [7, 11) is 0. The number of ether oxygens (including phenoxy) is 1. The molecule has 0 bridgehead atoms. The molecule has 30 heavy (non-hydrogen) atoms. The maximum atomic E-state index is 13.4. The maximum absolute atomic E-state index is 13.4. The van der Waals surface area contributed by atoms with Crippen molar-refractivity contribution in [3.05, 3.63) is 92.5 Å². The number of pyridine rings is 1. The van der Waals surface area contributed by atoms with Gasteiger partial charge in [0.2, 0.25) is 5.43 Å². The van der Waals surface area contributed by atoms with E-state index in [4.69, 9.17) is 9.15 Å². The number of aryl methyl sites for hydroxylation is 1. The third-order valence-corrected chi connectivity index (χ3v) is 5.85. The Morgan fingerprint density at radius 3 is 2.70 bits per heavy atom. The first-order valence-corrected chi connectivity index (χ1v) is 10.5. The molecule has 3 heterocycles. The van der Waals surface area contributed by atoms with Crippen molar-refractivity contribution in [2.75, 3.05) is 6.73 Å². The lowest BCUT2D eigenvalue weighted by molar-refractivity contribution is 0.0878. The van der Waals surface area contributed by atoms with Crippen LogP contribution in [0.1, 0.15) is 17.0 Å². The third kappa shape index (κ3) is 3.42. The Balaban J connectivity index is 1.58. The van der Waals surface area contributed by atoms with Crippen molar-refractivity contribution in [1.82, 2.24) is 9.88 Å². The topological polar surface area (TPSA) is 55.6 Å². The van der Waals surface area contributed by atoms with E-state index in [-0.39, 0.29) is 5.43 Å². The van der Waals surface area contributed by atoms with Gasteiger partial charge in [0.05, 0.1) is 22.2 Å². The molecule has 0 aliphatic carbocycles. The van der Waals surface area contributed by atoms with Gasteiger partial charge in [-0.15, -0.1) is 0 Å². The quantitative estimate of drug-likeness (QED) is 0.414. The zero-order valence-corrected chi connectivity index (χ0v) is 18.0. The van der Waals surface area contributed by atoms with Gasteiger partial charge < -0.3 is 9.15 Å². The fourth-order valence-corrected chi connectivity index (χ4v) is 4.16. The van der Waals surface area contributed by atoms with Crippen LogP contribution in [-0.4, -0.2) is 16.6 Å². The number of halogens is 1. The van der Waals surface area contributed by atoms with E-state index >= 15 is 0 Å². The summed E-state index contributed by atoms with van der Waals surface area (Å²) in [6.07, 6.45) is 1.79. The van der Waals surface area contributed by atoms with Crippen molar-refractivity contribution in [3.8, 4) is 16.9 Å². The van der Waals surface area contributed by atoms with Crippen molar-refractivity contribution in [2.24, 2.45) is 0 Å². The third-order valence-electron chi connectivity index (χ3n) is 5.33. The average molecular weight is 463 g/mol.